The molecule has 0 fully saturated rings. The summed E-state index contributed by atoms with van der Waals surface area (Å²) < 4.78 is 13.6. The first kappa shape index (κ1) is 12.9. The zero-order chi connectivity index (χ0) is 12.1. The van der Waals surface area contributed by atoms with E-state index >= 15 is 0 Å². The number of likely N-dealkylation sites (N-methyl/N-ethyl adjacent to an activating group) is 1. The molecule has 16 heavy (non-hydrogen) atoms. The summed E-state index contributed by atoms with van der Waals surface area (Å²) in [5.74, 6) is -0.616. The SMILES string of the molecule is C=CCN(CC)C(=O)c1cc(F)ccc1Br. The molecule has 1 aromatic carbocycles. The van der Waals surface area contributed by atoms with E-state index in [1.165, 1.54) is 18.2 Å². The van der Waals surface area contributed by atoms with E-state index in [1.54, 1.807) is 11.0 Å². The molecule has 0 heterocycles. The van der Waals surface area contributed by atoms with Crippen molar-refractivity contribution in [2.45, 2.75) is 6.92 Å². The van der Waals surface area contributed by atoms with Gasteiger partial charge in [-0.25, -0.2) is 4.39 Å². The Balaban J connectivity index is 3.02. The molecule has 0 saturated carbocycles. The third-order valence-electron chi connectivity index (χ3n) is 2.18. The first-order chi connectivity index (χ1) is 7.60. The van der Waals surface area contributed by atoms with Crippen LogP contribution in [0.3, 0.4) is 0 Å². The van der Waals surface area contributed by atoms with Gasteiger partial charge in [-0.1, -0.05) is 6.08 Å². The van der Waals surface area contributed by atoms with Crippen LogP contribution in [0.25, 0.3) is 0 Å². The number of carbonyl (C=O) groups excluding carboxylic acids is 1. The number of carbonyl (C=O) groups is 1. The second-order valence-corrected chi connectivity index (χ2v) is 4.11. The highest BCUT2D eigenvalue weighted by atomic mass is 79.9. The van der Waals surface area contributed by atoms with E-state index in [0.29, 0.717) is 23.1 Å². The molecule has 1 rings (SSSR count). The van der Waals surface area contributed by atoms with Crippen molar-refractivity contribution < 1.29 is 9.18 Å². The largest absolute Gasteiger partial charge is 0.335 e. The van der Waals surface area contributed by atoms with E-state index < -0.39 is 5.82 Å². The number of hydrogen-bond donors (Lipinski definition) is 0. The fraction of sp³-hybridized carbons (Fsp3) is 0.250. The van der Waals surface area contributed by atoms with Gasteiger partial charge in [-0.2, -0.15) is 0 Å². The summed E-state index contributed by atoms with van der Waals surface area (Å²) in [6.07, 6.45) is 1.65. The Morgan fingerprint density at radius 1 is 1.62 bits per heavy atom. The lowest BCUT2D eigenvalue weighted by Gasteiger charge is -2.19. The Morgan fingerprint density at radius 3 is 2.88 bits per heavy atom. The molecule has 0 bridgehead atoms. The van der Waals surface area contributed by atoms with Crippen LogP contribution in [0.1, 0.15) is 17.3 Å². The van der Waals surface area contributed by atoms with Gasteiger partial charge < -0.3 is 4.90 Å². The highest BCUT2D eigenvalue weighted by molar-refractivity contribution is 9.10. The van der Waals surface area contributed by atoms with Gasteiger partial charge in [0.15, 0.2) is 0 Å². The highest BCUT2D eigenvalue weighted by Gasteiger charge is 2.16. The van der Waals surface area contributed by atoms with Gasteiger partial charge in [-0.05, 0) is 41.1 Å². The molecule has 0 aliphatic carbocycles. The van der Waals surface area contributed by atoms with Crippen LogP contribution in [-0.2, 0) is 0 Å². The van der Waals surface area contributed by atoms with Crippen molar-refractivity contribution in [2.24, 2.45) is 0 Å². The van der Waals surface area contributed by atoms with Crippen molar-refractivity contribution in [1.82, 2.24) is 4.90 Å². The summed E-state index contributed by atoms with van der Waals surface area (Å²) >= 11 is 3.24. The number of rotatable bonds is 4. The topological polar surface area (TPSA) is 20.3 Å². The molecule has 1 amide bonds. The van der Waals surface area contributed by atoms with Gasteiger partial charge in [0.25, 0.3) is 5.91 Å². The van der Waals surface area contributed by atoms with Gasteiger partial charge >= 0.3 is 0 Å². The van der Waals surface area contributed by atoms with E-state index in [4.69, 9.17) is 0 Å². The first-order valence-electron chi connectivity index (χ1n) is 4.95. The quantitative estimate of drug-likeness (QED) is 0.778. The lowest BCUT2D eigenvalue weighted by molar-refractivity contribution is 0.0780. The first-order valence-corrected chi connectivity index (χ1v) is 5.74. The standard InChI is InChI=1S/C12H13BrFNO/c1-3-7-15(4-2)12(16)10-8-9(14)5-6-11(10)13/h3,5-6,8H,1,4,7H2,2H3. The van der Waals surface area contributed by atoms with E-state index in [1.807, 2.05) is 6.92 Å². The van der Waals surface area contributed by atoms with Gasteiger partial charge in [0.2, 0.25) is 0 Å². The molecular weight excluding hydrogens is 273 g/mol. The lowest BCUT2D eigenvalue weighted by atomic mass is 10.2. The molecule has 0 saturated heterocycles. The van der Waals surface area contributed by atoms with Crippen molar-refractivity contribution >= 4 is 21.8 Å². The summed E-state index contributed by atoms with van der Waals surface area (Å²) in [4.78, 5) is 13.6. The van der Waals surface area contributed by atoms with Crippen molar-refractivity contribution in [3.05, 3.63) is 46.7 Å². The Morgan fingerprint density at radius 2 is 2.31 bits per heavy atom. The summed E-state index contributed by atoms with van der Waals surface area (Å²) in [7, 11) is 0. The normalized spacial score (nSPS) is 9.94. The van der Waals surface area contributed by atoms with Crippen LogP contribution in [0.2, 0.25) is 0 Å². The van der Waals surface area contributed by atoms with Crippen molar-refractivity contribution in [3.8, 4) is 0 Å². The summed E-state index contributed by atoms with van der Waals surface area (Å²) in [6, 6.07) is 4.08. The van der Waals surface area contributed by atoms with E-state index in [9.17, 15) is 9.18 Å². The second-order valence-electron chi connectivity index (χ2n) is 3.26. The molecule has 0 unspecified atom stereocenters. The Bertz CT molecular complexity index is 406. The molecule has 1 aromatic rings. The summed E-state index contributed by atoms with van der Waals surface area (Å²) in [5, 5.41) is 0. The van der Waals surface area contributed by atoms with Gasteiger partial charge in [-0.15, -0.1) is 6.58 Å². The smallest absolute Gasteiger partial charge is 0.255 e. The van der Waals surface area contributed by atoms with Crippen LogP contribution in [0.4, 0.5) is 4.39 Å². The van der Waals surface area contributed by atoms with Crippen LogP contribution >= 0.6 is 15.9 Å². The number of nitrogens with zero attached hydrogens (tertiary/aromatic N) is 1. The van der Waals surface area contributed by atoms with Crippen molar-refractivity contribution in [1.29, 1.82) is 0 Å². The Hall–Kier alpha value is -1.16. The zero-order valence-electron chi connectivity index (χ0n) is 9.04. The van der Waals surface area contributed by atoms with Gasteiger partial charge in [-0.3, -0.25) is 4.79 Å². The molecule has 0 atom stereocenters. The summed E-state index contributed by atoms with van der Waals surface area (Å²) in [6.45, 7) is 6.47. The maximum Gasteiger partial charge on any atom is 0.255 e. The van der Waals surface area contributed by atoms with Gasteiger partial charge in [0.1, 0.15) is 5.82 Å². The molecular formula is C12H13BrFNO. The maximum absolute atomic E-state index is 13.0. The molecule has 86 valence electrons. The van der Waals surface area contributed by atoms with Crippen LogP contribution < -0.4 is 0 Å². The van der Waals surface area contributed by atoms with Crippen LogP contribution in [0.5, 0.6) is 0 Å². The van der Waals surface area contributed by atoms with Gasteiger partial charge in [0.05, 0.1) is 5.56 Å². The fourth-order valence-electron chi connectivity index (χ4n) is 1.34. The maximum atomic E-state index is 13.0. The van der Waals surface area contributed by atoms with Crippen molar-refractivity contribution in [2.75, 3.05) is 13.1 Å². The third kappa shape index (κ3) is 2.92. The molecule has 4 heteroatoms. The molecule has 0 aliphatic heterocycles. The number of hydrogen-bond acceptors (Lipinski definition) is 1. The number of amides is 1. The predicted molar refractivity (Wildman–Crippen MR) is 65.9 cm³/mol. The molecule has 2 nitrogen and oxygen atoms in total. The van der Waals surface area contributed by atoms with Gasteiger partial charge in [0, 0.05) is 17.6 Å². The lowest BCUT2D eigenvalue weighted by Crippen LogP contribution is -2.31. The summed E-state index contributed by atoms with van der Waals surface area (Å²) in [5.41, 5.74) is 0.337. The average molecular weight is 286 g/mol. The third-order valence-corrected chi connectivity index (χ3v) is 2.87. The number of benzene rings is 1. The highest BCUT2D eigenvalue weighted by Crippen LogP contribution is 2.19. The van der Waals surface area contributed by atoms with Crippen LogP contribution in [0, 0.1) is 5.82 Å². The van der Waals surface area contributed by atoms with E-state index in [0.717, 1.165) is 0 Å². The van der Waals surface area contributed by atoms with Crippen LogP contribution in [-0.4, -0.2) is 23.9 Å². The van der Waals surface area contributed by atoms with E-state index in [-0.39, 0.29) is 5.91 Å². The molecule has 0 spiro atoms. The molecule has 0 radical (unpaired) electrons. The monoisotopic (exact) mass is 285 g/mol. The van der Waals surface area contributed by atoms with Crippen LogP contribution in [0.15, 0.2) is 35.3 Å². The minimum absolute atomic E-state index is 0.200. The minimum Gasteiger partial charge on any atom is -0.335 e. The average Bonchev–Trinajstić information content (AvgIpc) is 2.28. The van der Waals surface area contributed by atoms with E-state index in [2.05, 4.69) is 22.5 Å². The minimum atomic E-state index is -0.416. The Kier molecular flexibility index (Phi) is 4.68. The molecule has 0 N–H and O–H groups in total. The second kappa shape index (κ2) is 5.80. The Labute approximate surface area is 103 Å². The zero-order valence-corrected chi connectivity index (χ0v) is 10.6. The van der Waals surface area contributed by atoms with Crippen molar-refractivity contribution in [3.63, 3.8) is 0 Å². The molecule has 0 aliphatic rings. The molecule has 0 aromatic heterocycles. The predicted octanol–water partition coefficient (Wildman–Crippen LogP) is 3.24. The fourth-order valence-corrected chi connectivity index (χ4v) is 1.76. The number of halogens is 2.